The molecule has 1 aromatic carbocycles. The molecule has 230 valence electrons. The molecule has 2 aromatic heterocycles. The van der Waals surface area contributed by atoms with E-state index in [0.29, 0.717) is 40.5 Å². The van der Waals surface area contributed by atoms with Crippen LogP contribution in [0.15, 0.2) is 27.5 Å². The Labute approximate surface area is 241 Å². The molecule has 0 spiro atoms. The summed E-state index contributed by atoms with van der Waals surface area (Å²) in [5.41, 5.74) is -1.23. The van der Waals surface area contributed by atoms with Gasteiger partial charge >= 0.3 is 18.1 Å². The van der Waals surface area contributed by atoms with Crippen molar-refractivity contribution in [2.45, 2.75) is 75.9 Å². The Balaban J connectivity index is 1.40. The number of hydrogen-bond donors (Lipinski definition) is 1. The predicted octanol–water partition coefficient (Wildman–Crippen LogP) is 6.61. The van der Waals surface area contributed by atoms with Crippen LogP contribution in [0, 0.1) is 5.92 Å². The van der Waals surface area contributed by atoms with Gasteiger partial charge < -0.3 is 9.47 Å². The number of H-pyrrole nitrogens is 1. The summed E-state index contributed by atoms with van der Waals surface area (Å²) in [6, 6.07) is 4.73. The first-order valence-electron chi connectivity index (χ1n) is 13.6. The normalized spacial score (nSPS) is 18.7. The third-order valence-corrected chi connectivity index (χ3v) is 9.37. The maximum absolute atomic E-state index is 14.5. The Morgan fingerprint density at radius 3 is 2.43 bits per heavy atom. The summed E-state index contributed by atoms with van der Waals surface area (Å²) in [6.07, 6.45) is -7.39. The maximum atomic E-state index is 14.5. The number of likely N-dealkylation sites (tertiary alicyclic amines) is 1. The summed E-state index contributed by atoms with van der Waals surface area (Å²) in [6.45, 7) is 0.383. The maximum Gasteiger partial charge on any atom is 0.439 e. The van der Waals surface area contributed by atoms with E-state index in [4.69, 9.17) is 9.47 Å². The van der Waals surface area contributed by atoms with Gasteiger partial charge in [-0.1, -0.05) is 24.4 Å². The monoisotopic (exact) mass is 620 g/mol. The summed E-state index contributed by atoms with van der Waals surface area (Å²) >= 11 is 0.961. The van der Waals surface area contributed by atoms with Crippen molar-refractivity contribution in [1.82, 2.24) is 20.0 Å². The molecule has 3 heterocycles. The van der Waals surface area contributed by atoms with Crippen LogP contribution in [-0.4, -0.2) is 52.6 Å². The first kappa shape index (κ1) is 30.4. The second-order valence-corrected chi connectivity index (χ2v) is 11.8. The van der Waals surface area contributed by atoms with Gasteiger partial charge in [0.25, 0.3) is 0 Å². The number of thiazole rings is 1. The van der Waals surface area contributed by atoms with Crippen LogP contribution in [0.4, 0.5) is 26.3 Å². The topological polar surface area (TPSA) is 93.5 Å². The lowest BCUT2D eigenvalue weighted by Crippen LogP contribution is -2.44. The zero-order chi connectivity index (χ0) is 30.1. The number of halogens is 6. The number of piperidine rings is 1. The fourth-order valence-corrected chi connectivity index (χ4v) is 6.93. The summed E-state index contributed by atoms with van der Waals surface area (Å²) in [5.74, 6) is -1.31. The Hall–Kier alpha value is -3.07. The van der Waals surface area contributed by atoms with Crippen molar-refractivity contribution in [3.63, 3.8) is 0 Å². The van der Waals surface area contributed by atoms with E-state index in [1.807, 2.05) is 4.90 Å². The van der Waals surface area contributed by atoms with Crippen LogP contribution in [0.5, 0.6) is 11.5 Å². The van der Waals surface area contributed by atoms with Crippen LogP contribution >= 0.6 is 11.3 Å². The van der Waals surface area contributed by atoms with E-state index < -0.39 is 29.4 Å². The number of nitrogens with one attached hydrogen (secondary N) is 1. The summed E-state index contributed by atoms with van der Waals surface area (Å²) < 4.78 is 99.0. The standard InChI is InChI=1S/C27H30F6N4O4S/c1-39-20-13-17(5-6-18(20)22-35-24(38)41-36-22)40-15-21-19(14-37-11-7-16(8-12-37)26(28,29)30)34-23(42-21)25(27(31,32)33)9-3-2-4-10-25/h5-6,13,16H,2-4,7-12,14-15H2,1H3,(H,35,36,38). The van der Waals surface area contributed by atoms with Gasteiger partial charge in [-0.3, -0.25) is 14.4 Å². The number of methoxy groups -OCH3 is 1. The Kier molecular flexibility index (Phi) is 8.61. The fraction of sp³-hybridized carbons (Fsp3) is 0.593. The SMILES string of the molecule is COc1cc(OCc2sc(C3(C(F)(F)F)CCCCC3)nc2CN2CCC(C(F)(F)F)CC2)ccc1-c1noc(=O)[nH]1. The molecule has 0 unspecified atom stereocenters. The van der Waals surface area contributed by atoms with Gasteiger partial charge in [-0.2, -0.15) is 26.3 Å². The van der Waals surface area contributed by atoms with Gasteiger partial charge in [0.05, 0.1) is 29.2 Å². The highest BCUT2D eigenvalue weighted by molar-refractivity contribution is 7.11. The molecule has 42 heavy (non-hydrogen) atoms. The minimum absolute atomic E-state index is 0.0172. The summed E-state index contributed by atoms with van der Waals surface area (Å²) in [5, 5.41) is 3.63. The van der Waals surface area contributed by atoms with Crippen molar-refractivity contribution in [2.24, 2.45) is 5.92 Å². The number of alkyl halides is 6. The molecule has 8 nitrogen and oxygen atoms in total. The molecule has 1 saturated carbocycles. The number of nitrogens with zero attached hydrogens (tertiary/aromatic N) is 3. The zero-order valence-electron chi connectivity index (χ0n) is 22.7. The van der Waals surface area contributed by atoms with Gasteiger partial charge in [-0.25, -0.2) is 9.78 Å². The smallest absolute Gasteiger partial charge is 0.439 e. The van der Waals surface area contributed by atoms with E-state index in [1.54, 1.807) is 18.2 Å². The van der Waals surface area contributed by atoms with Gasteiger partial charge in [-0.15, -0.1) is 11.3 Å². The van der Waals surface area contributed by atoms with Crippen LogP contribution in [0.1, 0.15) is 60.5 Å². The highest BCUT2D eigenvalue weighted by atomic mass is 32.1. The largest absolute Gasteiger partial charge is 0.496 e. The number of ether oxygens (including phenoxy) is 2. The molecular weight excluding hydrogens is 590 g/mol. The Morgan fingerprint density at radius 2 is 1.83 bits per heavy atom. The number of hydrogen-bond acceptors (Lipinski definition) is 8. The third kappa shape index (κ3) is 6.31. The molecule has 1 aliphatic heterocycles. The average molecular weight is 621 g/mol. The first-order valence-corrected chi connectivity index (χ1v) is 14.4. The fourth-order valence-electron chi connectivity index (χ4n) is 5.68. The lowest BCUT2D eigenvalue weighted by molar-refractivity contribution is -0.199. The Morgan fingerprint density at radius 1 is 1.12 bits per heavy atom. The molecule has 2 aliphatic rings. The van der Waals surface area contributed by atoms with Crippen LogP contribution < -0.4 is 15.2 Å². The molecule has 3 aromatic rings. The van der Waals surface area contributed by atoms with Gasteiger partial charge in [-0.05, 0) is 50.9 Å². The average Bonchev–Trinajstić information content (AvgIpc) is 3.57. The molecule has 2 fully saturated rings. The lowest BCUT2D eigenvalue weighted by Gasteiger charge is -2.37. The van der Waals surface area contributed by atoms with E-state index in [2.05, 4.69) is 19.6 Å². The molecular formula is C27H30F6N4O4S. The van der Waals surface area contributed by atoms with E-state index in [-0.39, 0.29) is 62.8 Å². The number of aromatic nitrogens is 3. The number of benzene rings is 1. The number of rotatable bonds is 8. The molecule has 5 rings (SSSR count). The van der Waals surface area contributed by atoms with Crippen LogP contribution in [0.25, 0.3) is 11.4 Å². The van der Waals surface area contributed by atoms with E-state index >= 15 is 0 Å². The van der Waals surface area contributed by atoms with Crippen molar-refractivity contribution in [3.8, 4) is 22.9 Å². The van der Waals surface area contributed by atoms with Gasteiger partial charge in [0.1, 0.15) is 28.5 Å². The molecule has 1 N–H and O–H groups in total. The van der Waals surface area contributed by atoms with Crippen molar-refractivity contribution < 1.29 is 40.3 Å². The van der Waals surface area contributed by atoms with Crippen LogP contribution in [0.3, 0.4) is 0 Å². The second-order valence-electron chi connectivity index (χ2n) is 10.7. The third-order valence-electron chi connectivity index (χ3n) is 8.10. The highest BCUT2D eigenvalue weighted by Crippen LogP contribution is 2.52. The lowest BCUT2D eigenvalue weighted by atomic mass is 9.74. The van der Waals surface area contributed by atoms with Gasteiger partial charge in [0, 0.05) is 12.6 Å². The molecule has 0 radical (unpaired) electrons. The molecule has 15 heteroatoms. The minimum atomic E-state index is -4.49. The van der Waals surface area contributed by atoms with E-state index in [0.717, 1.165) is 17.8 Å². The molecule has 1 aliphatic carbocycles. The molecule has 0 atom stereocenters. The predicted molar refractivity (Wildman–Crippen MR) is 140 cm³/mol. The quantitative estimate of drug-likeness (QED) is 0.283. The highest BCUT2D eigenvalue weighted by Gasteiger charge is 2.58. The molecule has 0 amide bonds. The van der Waals surface area contributed by atoms with Crippen molar-refractivity contribution in [3.05, 3.63) is 44.3 Å². The molecule has 1 saturated heterocycles. The summed E-state index contributed by atoms with van der Waals surface area (Å²) in [4.78, 5) is 20.6. The number of aromatic amines is 1. The van der Waals surface area contributed by atoms with E-state index in [9.17, 15) is 31.1 Å². The van der Waals surface area contributed by atoms with Gasteiger partial charge in [0.15, 0.2) is 5.82 Å². The van der Waals surface area contributed by atoms with Crippen molar-refractivity contribution >= 4 is 11.3 Å². The van der Waals surface area contributed by atoms with Crippen molar-refractivity contribution in [2.75, 3.05) is 20.2 Å². The first-order chi connectivity index (χ1) is 19.9. The van der Waals surface area contributed by atoms with Crippen LogP contribution in [-0.2, 0) is 18.6 Å². The zero-order valence-corrected chi connectivity index (χ0v) is 23.6. The van der Waals surface area contributed by atoms with Crippen LogP contribution in [0.2, 0.25) is 0 Å². The van der Waals surface area contributed by atoms with Gasteiger partial charge in [0.2, 0.25) is 0 Å². The minimum Gasteiger partial charge on any atom is -0.496 e. The summed E-state index contributed by atoms with van der Waals surface area (Å²) in [7, 11) is 1.41. The Bertz CT molecular complexity index is 1420. The van der Waals surface area contributed by atoms with E-state index in [1.165, 1.54) is 7.11 Å². The van der Waals surface area contributed by atoms with Crippen molar-refractivity contribution in [1.29, 1.82) is 0 Å². The molecule has 0 bridgehead atoms. The second kappa shape index (κ2) is 11.9.